The van der Waals surface area contributed by atoms with Crippen LogP contribution in [0.2, 0.25) is 0 Å². The average Bonchev–Trinajstić information content (AvgIpc) is 2.23. The van der Waals surface area contributed by atoms with E-state index in [9.17, 15) is 22.8 Å². The van der Waals surface area contributed by atoms with Crippen LogP contribution in [-0.2, 0) is 4.79 Å². The van der Waals surface area contributed by atoms with Gasteiger partial charge in [0.15, 0.2) is 0 Å². The number of hydrogen-bond donors (Lipinski definition) is 2. The van der Waals surface area contributed by atoms with E-state index in [0.717, 1.165) is 24.3 Å². The highest BCUT2D eigenvalue weighted by Gasteiger charge is 2.33. The number of ether oxygens (including phenoxy) is 1. The lowest BCUT2D eigenvalue weighted by molar-refractivity contribution is -0.274. The SMILES string of the molecule is O=C(O)C=Cc1ccc(C(=O)O)c(OC(F)(F)F)c1. The number of benzene rings is 1. The van der Waals surface area contributed by atoms with Crippen LogP contribution in [-0.4, -0.2) is 28.5 Å². The van der Waals surface area contributed by atoms with Gasteiger partial charge < -0.3 is 14.9 Å². The zero-order chi connectivity index (χ0) is 14.6. The number of carboxylic acid groups (broad SMARTS) is 2. The van der Waals surface area contributed by atoms with Crippen LogP contribution in [0.15, 0.2) is 24.3 Å². The van der Waals surface area contributed by atoms with Gasteiger partial charge in [0, 0.05) is 6.08 Å². The molecule has 102 valence electrons. The molecule has 5 nitrogen and oxygen atoms in total. The van der Waals surface area contributed by atoms with Gasteiger partial charge in [0.1, 0.15) is 11.3 Å². The molecule has 0 bridgehead atoms. The van der Waals surface area contributed by atoms with E-state index in [-0.39, 0.29) is 5.56 Å². The van der Waals surface area contributed by atoms with Crippen LogP contribution in [0.25, 0.3) is 6.08 Å². The summed E-state index contributed by atoms with van der Waals surface area (Å²) in [5.74, 6) is -3.79. The molecule has 19 heavy (non-hydrogen) atoms. The van der Waals surface area contributed by atoms with E-state index in [4.69, 9.17) is 10.2 Å². The van der Waals surface area contributed by atoms with E-state index in [1.807, 2.05) is 0 Å². The Kier molecular flexibility index (Phi) is 4.15. The van der Waals surface area contributed by atoms with Crippen LogP contribution in [0.3, 0.4) is 0 Å². The Morgan fingerprint density at radius 3 is 2.32 bits per heavy atom. The molecule has 0 aliphatic rings. The first-order valence-electron chi connectivity index (χ1n) is 4.73. The van der Waals surface area contributed by atoms with Crippen molar-refractivity contribution in [1.82, 2.24) is 0 Å². The zero-order valence-corrected chi connectivity index (χ0v) is 9.14. The highest BCUT2D eigenvalue weighted by atomic mass is 19.4. The maximum Gasteiger partial charge on any atom is 0.573 e. The second kappa shape index (κ2) is 5.42. The van der Waals surface area contributed by atoms with Crippen LogP contribution in [0.1, 0.15) is 15.9 Å². The summed E-state index contributed by atoms with van der Waals surface area (Å²) >= 11 is 0. The molecule has 2 N–H and O–H groups in total. The standard InChI is InChI=1S/C11H7F3O5/c12-11(13,14)19-8-5-6(2-4-9(15)16)1-3-7(8)10(17)18/h1-5H,(H,15,16)(H,17,18). The fraction of sp³-hybridized carbons (Fsp3) is 0.0909. The summed E-state index contributed by atoms with van der Waals surface area (Å²) in [6.45, 7) is 0. The summed E-state index contributed by atoms with van der Waals surface area (Å²) < 4.78 is 39.9. The Hall–Kier alpha value is -2.51. The summed E-state index contributed by atoms with van der Waals surface area (Å²) in [4.78, 5) is 21.0. The van der Waals surface area contributed by atoms with Crippen LogP contribution in [0, 0.1) is 0 Å². The highest BCUT2D eigenvalue weighted by molar-refractivity contribution is 5.92. The van der Waals surface area contributed by atoms with Gasteiger partial charge in [0.05, 0.1) is 0 Å². The normalized spacial score (nSPS) is 11.5. The number of carboxylic acids is 2. The minimum absolute atomic E-state index is 0.0617. The Labute approximate surface area is 104 Å². The van der Waals surface area contributed by atoms with Crippen molar-refractivity contribution in [1.29, 1.82) is 0 Å². The molecule has 0 spiro atoms. The second-order valence-electron chi connectivity index (χ2n) is 3.28. The number of alkyl halides is 3. The van der Waals surface area contributed by atoms with Crippen molar-refractivity contribution in [3.8, 4) is 5.75 Å². The Bertz CT molecular complexity index is 534. The van der Waals surface area contributed by atoms with E-state index in [1.165, 1.54) is 0 Å². The summed E-state index contributed by atoms with van der Waals surface area (Å²) in [5.41, 5.74) is -0.614. The van der Waals surface area contributed by atoms with Gasteiger partial charge in [-0.2, -0.15) is 0 Å². The summed E-state index contributed by atoms with van der Waals surface area (Å²) in [6.07, 6.45) is -3.33. The topological polar surface area (TPSA) is 83.8 Å². The molecule has 0 amide bonds. The van der Waals surface area contributed by atoms with Crippen LogP contribution >= 0.6 is 0 Å². The smallest absolute Gasteiger partial charge is 0.478 e. The Morgan fingerprint density at radius 2 is 1.84 bits per heavy atom. The lowest BCUT2D eigenvalue weighted by atomic mass is 10.1. The van der Waals surface area contributed by atoms with E-state index in [2.05, 4.69) is 4.74 Å². The summed E-state index contributed by atoms with van der Waals surface area (Å²) in [5, 5.41) is 17.1. The molecule has 1 aromatic carbocycles. The highest BCUT2D eigenvalue weighted by Crippen LogP contribution is 2.28. The summed E-state index contributed by atoms with van der Waals surface area (Å²) in [7, 11) is 0. The van der Waals surface area contributed by atoms with Crippen molar-refractivity contribution < 1.29 is 37.7 Å². The first kappa shape index (κ1) is 14.6. The monoisotopic (exact) mass is 276 g/mol. The van der Waals surface area contributed by atoms with Gasteiger partial charge in [-0.1, -0.05) is 6.07 Å². The fourth-order valence-corrected chi connectivity index (χ4v) is 1.20. The van der Waals surface area contributed by atoms with E-state index in [1.54, 1.807) is 0 Å². The predicted molar refractivity (Wildman–Crippen MR) is 56.8 cm³/mol. The third kappa shape index (κ3) is 4.70. The molecule has 1 aromatic rings. The molecular weight excluding hydrogens is 269 g/mol. The van der Waals surface area contributed by atoms with Crippen molar-refractivity contribution in [3.05, 3.63) is 35.4 Å². The van der Waals surface area contributed by atoms with Gasteiger partial charge in [0.2, 0.25) is 0 Å². The number of halogens is 3. The third-order valence-electron chi connectivity index (χ3n) is 1.88. The second-order valence-corrected chi connectivity index (χ2v) is 3.28. The van der Waals surface area contributed by atoms with Gasteiger partial charge in [0.25, 0.3) is 0 Å². The van der Waals surface area contributed by atoms with Crippen LogP contribution in [0.5, 0.6) is 5.75 Å². The molecule has 0 unspecified atom stereocenters. The lowest BCUT2D eigenvalue weighted by Crippen LogP contribution is -2.19. The third-order valence-corrected chi connectivity index (χ3v) is 1.88. The molecule has 0 aliphatic heterocycles. The molecule has 0 saturated carbocycles. The quantitative estimate of drug-likeness (QED) is 0.825. The Balaban J connectivity index is 3.18. The molecule has 0 aromatic heterocycles. The first-order chi connectivity index (χ1) is 8.69. The summed E-state index contributed by atoms with van der Waals surface area (Å²) in [6, 6.07) is 2.84. The van der Waals surface area contributed by atoms with Gasteiger partial charge >= 0.3 is 18.3 Å². The predicted octanol–water partition coefficient (Wildman–Crippen LogP) is 2.38. The van der Waals surface area contributed by atoms with Crippen molar-refractivity contribution in [2.24, 2.45) is 0 Å². The van der Waals surface area contributed by atoms with E-state index < -0.39 is 29.6 Å². The molecule has 1 rings (SSSR count). The van der Waals surface area contributed by atoms with Gasteiger partial charge in [-0.05, 0) is 23.8 Å². The van der Waals surface area contributed by atoms with E-state index >= 15 is 0 Å². The minimum atomic E-state index is -5.04. The molecule has 0 radical (unpaired) electrons. The van der Waals surface area contributed by atoms with Gasteiger partial charge in [-0.3, -0.25) is 0 Å². The van der Waals surface area contributed by atoms with Gasteiger partial charge in [-0.15, -0.1) is 13.2 Å². The lowest BCUT2D eigenvalue weighted by Gasteiger charge is -2.11. The number of hydrogen-bond acceptors (Lipinski definition) is 3. The van der Waals surface area contributed by atoms with Crippen molar-refractivity contribution in [2.45, 2.75) is 6.36 Å². The van der Waals surface area contributed by atoms with Gasteiger partial charge in [-0.25, -0.2) is 9.59 Å². The minimum Gasteiger partial charge on any atom is -0.478 e. The number of aliphatic carboxylic acids is 1. The largest absolute Gasteiger partial charge is 0.573 e. The molecular formula is C11H7F3O5. The molecule has 0 saturated heterocycles. The molecule has 0 atom stereocenters. The Morgan fingerprint density at radius 1 is 1.21 bits per heavy atom. The molecule has 0 heterocycles. The van der Waals surface area contributed by atoms with Crippen molar-refractivity contribution in [3.63, 3.8) is 0 Å². The molecule has 0 aliphatic carbocycles. The van der Waals surface area contributed by atoms with Crippen molar-refractivity contribution in [2.75, 3.05) is 0 Å². The van der Waals surface area contributed by atoms with Crippen molar-refractivity contribution >= 4 is 18.0 Å². The molecule has 0 fully saturated rings. The maximum atomic E-state index is 12.1. The maximum absolute atomic E-state index is 12.1. The number of carbonyl (C=O) groups is 2. The average molecular weight is 276 g/mol. The molecule has 8 heteroatoms. The van der Waals surface area contributed by atoms with Crippen LogP contribution < -0.4 is 4.74 Å². The number of rotatable bonds is 4. The van der Waals surface area contributed by atoms with Crippen LogP contribution in [0.4, 0.5) is 13.2 Å². The first-order valence-corrected chi connectivity index (χ1v) is 4.73. The number of aromatic carboxylic acids is 1. The van der Waals surface area contributed by atoms with E-state index in [0.29, 0.717) is 6.08 Å². The zero-order valence-electron chi connectivity index (χ0n) is 9.14. The fourth-order valence-electron chi connectivity index (χ4n) is 1.20.